The third kappa shape index (κ3) is 6.83. The Balaban J connectivity index is 1.88. The third-order valence-electron chi connectivity index (χ3n) is 4.81. The highest BCUT2D eigenvalue weighted by Gasteiger charge is 2.15. The minimum Gasteiger partial charge on any atom is -0.493 e. The molecule has 3 aromatic rings. The van der Waals surface area contributed by atoms with Gasteiger partial charge >= 0.3 is 0 Å². The number of nitrogens with one attached hydrogen (secondary N) is 1. The summed E-state index contributed by atoms with van der Waals surface area (Å²) in [5.74, 6) is 0.609. The number of nitrogens with zero attached hydrogens (tertiary/aromatic N) is 1. The molecule has 0 heterocycles. The van der Waals surface area contributed by atoms with Crippen molar-refractivity contribution < 1.29 is 14.3 Å². The van der Waals surface area contributed by atoms with Crippen LogP contribution >= 0.6 is 31.9 Å². The zero-order valence-electron chi connectivity index (χ0n) is 18.5. The van der Waals surface area contributed by atoms with E-state index < -0.39 is 5.91 Å². The Hall–Kier alpha value is -3.34. The van der Waals surface area contributed by atoms with E-state index in [-0.39, 0.29) is 5.57 Å². The number of nitriles is 1. The number of rotatable bonds is 9. The van der Waals surface area contributed by atoms with Crippen molar-refractivity contribution in [1.29, 1.82) is 5.26 Å². The first-order valence-electron chi connectivity index (χ1n) is 10.3. The highest BCUT2D eigenvalue weighted by atomic mass is 79.9. The van der Waals surface area contributed by atoms with Gasteiger partial charge in [-0.25, -0.2) is 0 Å². The number of carbonyl (C=O) groups is 1. The maximum Gasteiger partial charge on any atom is 0.266 e. The van der Waals surface area contributed by atoms with Crippen molar-refractivity contribution in [2.45, 2.75) is 13.0 Å². The number of amides is 1. The maximum absolute atomic E-state index is 12.7. The van der Waals surface area contributed by atoms with Gasteiger partial charge < -0.3 is 14.8 Å². The molecule has 0 aromatic heterocycles. The molecule has 0 saturated carbocycles. The Bertz CT molecular complexity index is 1240. The minimum atomic E-state index is -0.496. The molecule has 3 rings (SSSR count). The number of methoxy groups -OCH3 is 1. The van der Waals surface area contributed by atoms with Crippen molar-refractivity contribution in [2.24, 2.45) is 0 Å². The minimum absolute atomic E-state index is 0.0296. The Morgan fingerprint density at radius 1 is 1.09 bits per heavy atom. The van der Waals surface area contributed by atoms with Crippen LogP contribution in [0.1, 0.15) is 16.7 Å². The van der Waals surface area contributed by atoms with Gasteiger partial charge in [0.2, 0.25) is 0 Å². The molecule has 0 fully saturated rings. The van der Waals surface area contributed by atoms with Crippen molar-refractivity contribution in [3.8, 4) is 17.6 Å². The van der Waals surface area contributed by atoms with E-state index in [4.69, 9.17) is 9.47 Å². The lowest BCUT2D eigenvalue weighted by Gasteiger charge is -2.16. The Morgan fingerprint density at radius 3 is 2.32 bits per heavy atom. The molecule has 172 valence electrons. The van der Waals surface area contributed by atoms with Crippen molar-refractivity contribution >= 4 is 49.5 Å². The second-order valence-electron chi connectivity index (χ2n) is 7.25. The maximum atomic E-state index is 12.7. The molecule has 34 heavy (non-hydrogen) atoms. The fourth-order valence-corrected chi connectivity index (χ4v) is 3.70. The molecule has 7 heteroatoms. The van der Waals surface area contributed by atoms with E-state index in [0.717, 1.165) is 20.1 Å². The summed E-state index contributed by atoms with van der Waals surface area (Å²) in [6, 6.07) is 20.6. The summed E-state index contributed by atoms with van der Waals surface area (Å²) in [4.78, 5) is 12.7. The Morgan fingerprint density at radius 2 is 1.74 bits per heavy atom. The third-order valence-corrected chi connectivity index (χ3v) is 5.87. The van der Waals surface area contributed by atoms with Crippen LogP contribution in [0.25, 0.3) is 6.08 Å². The SMILES string of the molecule is C=CCc1cc(/C=C(/C#N)C(=O)Nc2ccc(Br)cc2)cc(OC)c1OCc1ccc(Br)cc1. The van der Waals surface area contributed by atoms with Gasteiger partial charge in [-0.1, -0.05) is 50.1 Å². The second kappa shape index (κ2) is 12.2. The van der Waals surface area contributed by atoms with Gasteiger partial charge in [0.05, 0.1) is 7.11 Å². The molecule has 1 amide bonds. The number of anilines is 1. The quantitative estimate of drug-likeness (QED) is 0.167. The fourth-order valence-electron chi connectivity index (χ4n) is 3.17. The molecule has 0 spiro atoms. The first-order valence-corrected chi connectivity index (χ1v) is 11.9. The molecule has 5 nitrogen and oxygen atoms in total. The van der Waals surface area contributed by atoms with Crippen LogP contribution in [0.5, 0.6) is 11.5 Å². The predicted molar refractivity (Wildman–Crippen MR) is 142 cm³/mol. The highest BCUT2D eigenvalue weighted by molar-refractivity contribution is 9.10. The summed E-state index contributed by atoms with van der Waals surface area (Å²) in [5, 5.41) is 12.3. The van der Waals surface area contributed by atoms with Crippen LogP contribution in [-0.2, 0) is 17.8 Å². The summed E-state index contributed by atoms with van der Waals surface area (Å²) in [6.45, 7) is 4.19. The van der Waals surface area contributed by atoms with Crippen molar-refractivity contribution in [2.75, 3.05) is 12.4 Å². The van der Waals surface area contributed by atoms with Crippen LogP contribution in [0.2, 0.25) is 0 Å². The lowest BCUT2D eigenvalue weighted by atomic mass is 10.0. The molecule has 0 saturated heterocycles. The van der Waals surface area contributed by atoms with E-state index in [1.54, 1.807) is 31.4 Å². The first kappa shape index (κ1) is 25.3. The number of allylic oxidation sites excluding steroid dienone is 1. The van der Waals surface area contributed by atoms with Crippen LogP contribution in [0.15, 0.2) is 87.8 Å². The Labute approximate surface area is 216 Å². The number of ether oxygens (including phenoxy) is 2. The summed E-state index contributed by atoms with van der Waals surface area (Å²) in [5.41, 5.74) is 3.06. The number of halogens is 2. The van der Waals surface area contributed by atoms with Gasteiger partial charge in [0.25, 0.3) is 5.91 Å². The van der Waals surface area contributed by atoms with Crippen LogP contribution in [0.4, 0.5) is 5.69 Å². The summed E-state index contributed by atoms with van der Waals surface area (Å²) in [6.07, 6.45) is 3.82. The van der Waals surface area contributed by atoms with E-state index in [1.165, 1.54) is 6.08 Å². The Kier molecular flexibility index (Phi) is 9.08. The molecule has 3 aromatic carbocycles. The van der Waals surface area contributed by atoms with E-state index >= 15 is 0 Å². The molecule has 1 N–H and O–H groups in total. The number of benzene rings is 3. The zero-order chi connectivity index (χ0) is 24.5. The summed E-state index contributed by atoms with van der Waals surface area (Å²) >= 11 is 6.79. The zero-order valence-corrected chi connectivity index (χ0v) is 21.6. The van der Waals surface area contributed by atoms with Crippen molar-refractivity contribution in [3.05, 3.63) is 105 Å². The van der Waals surface area contributed by atoms with Gasteiger partial charge in [-0.3, -0.25) is 4.79 Å². The fraction of sp³-hybridized carbons (Fsp3) is 0.111. The normalized spacial score (nSPS) is 10.8. The van der Waals surface area contributed by atoms with Crippen LogP contribution in [0.3, 0.4) is 0 Å². The van der Waals surface area contributed by atoms with Crippen LogP contribution < -0.4 is 14.8 Å². The molecule has 0 unspecified atom stereocenters. The standard InChI is InChI=1S/C27H22Br2N2O3/c1-3-4-20-13-19(14-21(16-30)27(32)31-24-11-9-23(29)10-12-24)15-25(33-2)26(20)34-17-18-5-7-22(28)8-6-18/h3,5-15H,1,4,17H2,2H3,(H,31,32)/b21-14-. The molecule has 0 aliphatic heterocycles. The molecular weight excluding hydrogens is 560 g/mol. The summed E-state index contributed by atoms with van der Waals surface area (Å²) < 4.78 is 13.6. The summed E-state index contributed by atoms with van der Waals surface area (Å²) in [7, 11) is 1.55. The van der Waals surface area contributed by atoms with Crippen molar-refractivity contribution in [3.63, 3.8) is 0 Å². The molecule has 0 aliphatic rings. The molecule has 0 atom stereocenters. The van der Waals surface area contributed by atoms with E-state index in [1.807, 2.05) is 48.5 Å². The van der Waals surface area contributed by atoms with Gasteiger partial charge in [-0.2, -0.15) is 5.26 Å². The molecule has 0 bridgehead atoms. The predicted octanol–water partition coefficient (Wildman–Crippen LogP) is 7.07. The van der Waals surface area contributed by atoms with Gasteiger partial charge in [-0.05, 0) is 72.2 Å². The highest BCUT2D eigenvalue weighted by Crippen LogP contribution is 2.35. The van der Waals surface area contributed by atoms with E-state index in [0.29, 0.717) is 35.8 Å². The smallest absolute Gasteiger partial charge is 0.266 e. The average molecular weight is 582 g/mol. The first-order chi connectivity index (χ1) is 16.4. The largest absolute Gasteiger partial charge is 0.493 e. The lowest BCUT2D eigenvalue weighted by molar-refractivity contribution is -0.112. The van der Waals surface area contributed by atoms with Crippen LogP contribution in [-0.4, -0.2) is 13.0 Å². The lowest BCUT2D eigenvalue weighted by Crippen LogP contribution is -2.13. The van der Waals surface area contributed by atoms with Crippen LogP contribution in [0, 0.1) is 11.3 Å². The van der Waals surface area contributed by atoms with Gasteiger partial charge in [0.15, 0.2) is 11.5 Å². The molecule has 0 radical (unpaired) electrons. The topological polar surface area (TPSA) is 71.4 Å². The van der Waals surface area contributed by atoms with E-state index in [2.05, 4.69) is 43.8 Å². The van der Waals surface area contributed by atoms with E-state index in [9.17, 15) is 10.1 Å². The molecule has 0 aliphatic carbocycles. The number of hydrogen-bond donors (Lipinski definition) is 1. The second-order valence-corrected chi connectivity index (χ2v) is 9.08. The van der Waals surface area contributed by atoms with Gasteiger partial charge in [0, 0.05) is 20.2 Å². The monoisotopic (exact) mass is 580 g/mol. The number of carbonyl (C=O) groups excluding carboxylic acids is 1. The van der Waals surface area contributed by atoms with Crippen molar-refractivity contribution in [1.82, 2.24) is 0 Å². The number of hydrogen-bond acceptors (Lipinski definition) is 4. The van der Waals surface area contributed by atoms with Gasteiger partial charge in [0.1, 0.15) is 18.2 Å². The average Bonchev–Trinajstić information content (AvgIpc) is 2.84. The molecular formula is C27H22Br2N2O3. The van der Waals surface area contributed by atoms with Gasteiger partial charge in [-0.15, -0.1) is 6.58 Å².